The molecule has 0 spiro atoms. The lowest BCUT2D eigenvalue weighted by Crippen LogP contribution is -2.35. The fourth-order valence-corrected chi connectivity index (χ4v) is 5.58. The summed E-state index contributed by atoms with van der Waals surface area (Å²) in [5.41, 5.74) is 8.75. The van der Waals surface area contributed by atoms with Crippen molar-refractivity contribution in [1.82, 2.24) is 20.1 Å². The van der Waals surface area contributed by atoms with Gasteiger partial charge in [-0.3, -0.25) is 4.79 Å². The van der Waals surface area contributed by atoms with Crippen LogP contribution in [0.5, 0.6) is 0 Å². The topological polar surface area (TPSA) is 98.1 Å². The number of benzene rings is 2. The molecule has 9 heteroatoms. The van der Waals surface area contributed by atoms with E-state index in [-0.39, 0.29) is 17.8 Å². The van der Waals surface area contributed by atoms with Gasteiger partial charge in [0.15, 0.2) is 0 Å². The lowest BCUT2D eigenvalue weighted by atomic mass is 9.94. The number of nitrogens with zero attached hydrogens (tertiary/aromatic N) is 4. The molecule has 4 aromatic rings. The standard InChI is InChI=1S/C26H26ClN5O2S/c1-16-15-35-23(29-16)21-9-6-12-32(21)24(33)18-10-11-20(27)19(13-18)22-30-31-25(34-22)26(2,28)14-17-7-4-3-5-8-17/h3-5,7-8,10-11,13,15,21H,6,9,12,14,28H2,1-2H3/t21-,26+/m1/s1. The number of hydrogen-bond donors (Lipinski definition) is 1. The van der Waals surface area contributed by atoms with Gasteiger partial charge in [0, 0.05) is 23.2 Å². The molecule has 1 saturated heterocycles. The summed E-state index contributed by atoms with van der Waals surface area (Å²) in [6, 6.07) is 15.0. The highest BCUT2D eigenvalue weighted by Crippen LogP contribution is 2.36. The van der Waals surface area contributed by atoms with Gasteiger partial charge in [-0.15, -0.1) is 21.5 Å². The van der Waals surface area contributed by atoms with Crippen molar-refractivity contribution in [3.63, 3.8) is 0 Å². The minimum Gasteiger partial charge on any atom is -0.419 e. The minimum atomic E-state index is -0.860. The summed E-state index contributed by atoms with van der Waals surface area (Å²) in [5, 5.41) is 11.8. The Hall–Kier alpha value is -3.07. The second-order valence-corrected chi connectivity index (χ2v) is 10.5. The van der Waals surface area contributed by atoms with Crippen molar-refractivity contribution < 1.29 is 9.21 Å². The highest BCUT2D eigenvalue weighted by atomic mass is 35.5. The number of aryl methyl sites for hydroxylation is 1. The Kier molecular flexibility index (Phi) is 6.44. The van der Waals surface area contributed by atoms with Crippen LogP contribution in [0.25, 0.3) is 11.5 Å². The molecule has 1 amide bonds. The number of hydrogen-bond acceptors (Lipinski definition) is 7. The van der Waals surface area contributed by atoms with Crippen LogP contribution in [0, 0.1) is 6.92 Å². The molecule has 180 valence electrons. The van der Waals surface area contributed by atoms with E-state index in [0.717, 1.165) is 29.1 Å². The first kappa shape index (κ1) is 23.7. The Labute approximate surface area is 213 Å². The Morgan fingerprint density at radius 3 is 2.80 bits per heavy atom. The molecule has 3 heterocycles. The van der Waals surface area contributed by atoms with Crippen molar-refractivity contribution in [3.8, 4) is 11.5 Å². The highest BCUT2D eigenvalue weighted by Gasteiger charge is 2.33. The molecular weight excluding hydrogens is 482 g/mol. The SMILES string of the molecule is Cc1csc([C@H]2CCCN2C(=O)c2ccc(Cl)c(-c3nnc([C@@](C)(N)Cc4ccccc4)o3)c2)n1. The number of amides is 1. The van der Waals surface area contributed by atoms with Gasteiger partial charge in [-0.1, -0.05) is 41.9 Å². The molecule has 35 heavy (non-hydrogen) atoms. The normalized spacial score (nSPS) is 17.5. The average Bonchev–Trinajstić information content (AvgIpc) is 3.60. The van der Waals surface area contributed by atoms with Crippen LogP contribution in [0.3, 0.4) is 0 Å². The van der Waals surface area contributed by atoms with Gasteiger partial charge < -0.3 is 15.1 Å². The second kappa shape index (κ2) is 9.53. The molecule has 1 fully saturated rings. The van der Waals surface area contributed by atoms with Gasteiger partial charge in [-0.2, -0.15) is 0 Å². The zero-order chi connectivity index (χ0) is 24.6. The number of nitrogens with two attached hydrogens (primary N) is 1. The Bertz CT molecular complexity index is 1350. The number of rotatable bonds is 6. The molecule has 0 aliphatic carbocycles. The maximum Gasteiger partial charge on any atom is 0.254 e. The largest absolute Gasteiger partial charge is 0.419 e. The summed E-state index contributed by atoms with van der Waals surface area (Å²) < 4.78 is 5.98. The molecule has 2 atom stereocenters. The summed E-state index contributed by atoms with van der Waals surface area (Å²) in [7, 11) is 0. The average molecular weight is 508 g/mol. The van der Waals surface area contributed by atoms with E-state index in [1.807, 2.05) is 54.5 Å². The number of halogens is 1. The summed E-state index contributed by atoms with van der Waals surface area (Å²) in [4.78, 5) is 20.0. The zero-order valence-corrected chi connectivity index (χ0v) is 21.1. The molecular formula is C26H26ClN5O2S. The van der Waals surface area contributed by atoms with Crippen LogP contribution in [0.2, 0.25) is 5.02 Å². The van der Waals surface area contributed by atoms with E-state index in [0.29, 0.717) is 35.0 Å². The molecule has 0 radical (unpaired) electrons. The molecule has 1 aliphatic rings. The van der Waals surface area contributed by atoms with E-state index in [1.54, 1.807) is 29.5 Å². The Morgan fingerprint density at radius 2 is 2.06 bits per heavy atom. The third kappa shape index (κ3) is 4.87. The fraction of sp³-hybridized carbons (Fsp3) is 0.308. The maximum absolute atomic E-state index is 13.5. The molecule has 1 aliphatic heterocycles. The van der Waals surface area contributed by atoms with Crippen LogP contribution < -0.4 is 5.73 Å². The van der Waals surface area contributed by atoms with Crippen LogP contribution in [0.15, 0.2) is 58.3 Å². The quantitative estimate of drug-likeness (QED) is 0.367. The van der Waals surface area contributed by atoms with Crippen LogP contribution in [-0.2, 0) is 12.0 Å². The van der Waals surface area contributed by atoms with Gasteiger partial charge in [0.1, 0.15) is 5.01 Å². The molecule has 0 bridgehead atoms. The van der Waals surface area contributed by atoms with Gasteiger partial charge in [0.25, 0.3) is 5.91 Å². The van der Waals surface area contributed by atoms with E-state index in [4.69, 9.17) is 21.8 Å². The minimum absolute atomic E-state index is 0.00808. The second-order valence-electron chi connectivity index (χ2n) is 9.17. The van der Waals surface area contributed by atoms with Crippen LogP contribution >= 0.6 is 22.9 Å². The van der Waals surface area contributed by atoms with Crippen LogP contribution in [0.4, 0.5) is 0 Å². The van der Waals surface area contributed by atoms with Gasteiger partial charge in [-0.25, -0.2) is 4.98 Å². The van der Waals surface area contributed by atoms with E-state index < -0.39 is 5.54 Å². The molecule has 2 aromatic carbocycles. The molecule has 5 rings (SSSR count). The first-order valence-corrected chi connectivity index (χ1v) is 12.8. The van der Waals surface area contributed by atoms with Gasteiger partial charge in [-0.05, 0) is 56.9 Å². The number of aromatic nitrogens is 3. The maximum atomic E-state index is 13.5. The number of likely N-dealkylation sites (tertiary alicyclic amines) is 1. The van der Waals surface area contributed by atoms with Crippen molar-refractivity contribution in [2.45, 2.75) is 44.7 Å². The highest BCUT2D eigenvalue weighted by molar-refractivity contribution is 7.09. The van der Waals surface area contributed by atoms with Gasteiger partial charge in [0.05, 0.1) is 22.2 Å². The van der Waals surface area contributed by atoms with Crippen molar-refractivity contribution in [2.24, 2.45) is 5.73 Å². The van der Waals surface area contributed by atoms with Gasteiger partial charge >= 0.3 is 0 Å². The predicted octanol–water partition coefficient (Wildman–Crippen LogP) is 5.55. The van der Waals surface area contributed by atoms with Crippen molar-refractivity contribution in [1.29, 1.82) is 0 Å². The van der Waals surface area contributed by atoms with E-state index in [9.17, 15) is 4.79 Å². The smallest absolute Gasteiger partial charge is 0.254 e. The Morgan fingerprint density at radius 1 is 1.26 bits per heavy atom. The molecule has 0 unspecified atom stereocenters. The first-order chi connectivity index (χ1) is 16.8. The van der Waals surface area contributed by atoms with Crippen molar-refractivity contribution in [2.75, 3.05) is 6.54 Å². The molecule has 2 aromatic heterocycles. The summed E-state index contributed by atoms with van der Waals surface area (Å²) >= 11 is 8.08. The lowest BCUT2D eigenvalue weighted by molar-refractivity contribution is 0.0735. The number of carbonyl (C=O) groups excluding carboxylic acids is 1. The van der Waals surface area contributed by atoms with Crippen molar-refractivity contribution in [3.05, 3.63) is 86.7 Å². The summed E-state index contributed by atoms with van der Waals surface area (Å²) in [5.74, 6) is 0.478. The van der Waals surface area contributed by atoms with E-state index >= 15 is 0 Å². The summed E-state index contributed by atoms with van der Waals surface area (Å²) in [6.07, 6.45) is 2.38. The third-order valence-corrected chi connectivity index (χ3v) is 7.60. The Balaban J connectivity index is 1.40. The van der Waals surface area contributed by atoms with E-state index in [2.05, 4.69) is 15.2 Å². The third-order valence-electron chi connectivity index (χ3n) is 6.21. The molecule has 2 N–H and O–H groups in total. The van der Waals surface area contributed by atoms with Crippen LogP contribution in [0.1, 0.15) is 58.3 Å². The fourth-order valence-electron chi connectivity index (χ4n) is 4.44. The van der Waals surface area contributed by atoms with Crippen LogP contribution in [-0.4, -0.2) is 32.5 Å². The van der Waals surface area contributed by atoms with Crippen molar-refractivity contribution >= 4 is 28.8 Å². The first-order valence-electron chi connectivity index (χ1n) is 11.5. The number of carbonyl (C=O) groups is 1. The van der Waals surface area contributed by atoms with Gasteiger partial charge in [0.2, 0.25) is 11.8 Å². The molecule has 0 saturated carbocycles. The molecule has 7 nitrogen and oxygen atoms in total. The summed E-state index contributed by atoms with van der Waals surface area (Å²) in [6.45, 7) is 4.51. The predicted molar refractivity (Wildman–Crippen MR) is 136 cm³/mol. The number of thiazole rings is 1. The lowest BCUT2D eigenvalue weighted by Gasteiger charge is -2.23. The monoisotopic (exact) mass is 507 g/mol. The zero-order valence-electron chi connectivity index (χ0n) is 19.6. The van der Waals surface area contributed by atoms with E-state index in [1.165, 1.54) is 0 Å².